The van der Waals surface area contributed by atoms with Gasteiger partial charge in [0.15, 0.2) is 15.0 Å². The van der Waals surface area contributed by atoms with Crippen molar-refractivity contribution in [2.75, 3.05) is 29.5 Å². The summed E-state index contributed by atoms with van der Waals surface area (Å²) in [5, 5.41) is 9.66. The molecule has 1 aromatic rings. The number of carboxylic acids is 1. The fourth-order valence-corrected chi connectivity index (χ4v) is 4.03. The van der Waals surface area contributed by atoms with Gasteiger partial charge in [0.25, 0.3) is 0 Å². The van der Waals surface area contributed by atoms with Crippen molar-refractivity contribution in [3.05, 3.63) is 10.6 Å². The SMILES string of the molecule is CCc1nc(N2CCS(=O)(=O)CC2)sc1C(=O)O. The number of thiazole rings is 1. The molecule has 2 rings (SSSR count). The summed E-state index contributed by atoms with van der Waals surface area (Å²) in [6, 6.07) is 0. The second kappa shape index (κ2) is 4.85. The normalized spacial score (nSPS) is 18.8. The first-order chi connectivity index (χ1) is 8.43. The lowest BCUT2D eigenvalue weighted by Crippen LogP contribution is -2.40. The maximum atomic E-state index is 11.3. The van der Waals surface area contributed by atoms with E-state index in [0.717, 1.165) is 11.3 Å². The number of anilines is 1. The summed E-state index contributed by atoms with van der Waals surface area (Å²) in [5.74, 6) is -0.757. The van der Waals surface area contributed by atoms with E-state index in [1.165, 1.54) is 0 Å². The van der Waals surface area contributed by atoms with Gasteiger partial charge in [-0.15, -0.1) is 0 Å². The van der Waals surface area contributed by atoms with Gasteiger partial charge in [0.2, 0.25) is 0 Å². The topological polar surface area (TPSA) is 87.6 Å². The van der Waals surface area contributed by atoms with Crippen molar-refractivity contribution in [1.29, 1.82) is 0 Å². The zero-order chi connectivity index (χ0) is 13.3. The number of hydrogen-bond donors (Lipinski definition) is 1. The molecule has 6 nitrogen and oxygen atoms in total. The Balaban J connectivity index is 2.22. The van der Waals surface area contributed by atoms with Crippen LogP contribution in [0, 0.1) is 0 Å². The van der Waals surface area contributed by atoms with Gasteiger partial charge in [-0.05, 0) is 6.42 Å². The van der Waals surface area contributed by atoms with Crippen molar-refractivity contribution in [1.82, 2.24) is 4.98 Å². The van der Waals surface area contributed by atoms with Crippen LogP contribution < -0.4 is 4.90 Å². The van der Waals surface area contributed by atoms with Gasteiger partial charge in [-0.3, -0.25) is 0 Å². The summed E-state index contributed by atoms with van der Waals surface area (Å²) in [7, 11) is -2.93. The minimum Gasteiger partial charge on any atom is -0.477 e. The number of rotatable bonds is 3. The zero-order valence-electron chi connectivity index (χ0n) is 9.92. The number of hydrogen-bond acceptors (Lipinski definition) is 6. The second-order valence-electron chi connectivity index (χ2n) is 4.07. The van der Waals surface area contributed by atoms with E-state index in [1.54, 1.807) is 0 Å². The maximum absolute atomic E-state index is 11.3. The van der Waals surface area contributed by atoms with Crippen LogP contribution in [0.3, 0.4) is 0 Å². The Bertz CT molecular complexity index is 550. The minimum absolute atomic E-state index is 0.108. The molecule has 0 atom stereocenters. The van der Waals surface area contributed by atoms with Gasteiger partial charge in [0.1, 0.15) is 4.88 Å². The van der Waals surface area contributed by atoms with Crippen LogP contribution >= 0.6 is 11.3 Å². The third kappa shape index (κ3) is 2.64. The summed E-state index contributed by atoms with van der Waals surface area (Å²) >= 11 is 1.12. The first kappa shape index (κ1) is 13.3. The number of nitrogens with zero attached hydrogens (tertiary/aromatic N) is 2. The molecule has 1 aliphatic rings. The number of aromatic carboxylic acids is 1. The monoisotopic (exact) mass is 290 g/mol. The molecule has 0 amide bonds. The third-order valence-electron chi connectivity index (χ3n) is 2.83. The van der Waals surface area contributed by atoms with E-state index in [9.17, 15) is 13.2 Å². The molecule has 0 bridgehead atoms. The molecule has 18 heavy (non-hydrogen) atoms. The van der Waals surface area contributed by atoms with Gasteiger partial charge in [-0.1, -0.05) is 18.3 Å². The van der Waals surface area contributed by atoms with Crippen molar-refractivity contribution in [2.45, 2.75) is 13.3 Å². The highest BCUT2D eigenvalue weighted by Crippen LogP contribution is 2.27. The molecule has 0 aromatic carbocycles. The predicted octanol–water partition coefficient (Wildman–Crippen LogP) is 0.639. The van der Waals surface area contributed by atoms with E-state index in [0.29, 0.717) is 30.3 Å². The molecule has 0 saturated carbocycles. The third-order valence-corrected chi connectivity index (χ3v) is 5.59. The number of aryl methyl sites for hydroxylation is 1. The summed E-state index contributed by atoms with van der Waals surface area (Å²) in [4.78, 5) is 17.4. The van der Waals surface area contributed by atoms with Crippen LogP contribution in [0.25, 0.3) is 0 Å². The molecule has 2 heterocycles. The van der Waals surface area contributed by atoms with Gasteiger partial charge in [0, 0.05) is 13.1 Å². The van der Waals surface area contributed by atoms with Crippen LogP contribution in [-0.2, 0) is 16.3 Å². The molecule has 1 saturated heterocycles. The molecule has 8 heteroatoms. The van der Waals surface area contributed by atoms with Crippen LogP contribution in [0.4, 0.5) is 5.13 Å². The van der Waals surface area contributed by atoms with Gasteiger partial charge in [-0.2, -0.15) is 0 Å². The van der Waals surface area contributed by atoms with Crippen molar-refractivity contribution >= 4 is 32.3 Å². The molecule has 1 aromatic heterocycles. The number of carboxylic acid groups (broad SMARTS) is 1. The van der Waals surface area contributed by atoms with E-state index in [2.05, 4.69) is 4.98 Å². The Morgan fingerprint density at radius 1 is 1.44 bits per heavy atom. The van der Waals surface area contributed by atoms with Crippen LogP contribution in [-0.4, -0.2) is 49.1 Å². The Morgan fingerprint density at radius 2 is 2.06 bits per heavy atom. The molecule has 1 aliphatic heterocycles. The minimum atomic E-state index is -2.93. The largest absolute Gasteiger partial charge is 0.477 e. The highest BCUT2D eigenvalue weighted by molar-refractivity contribution is 7.91. The quantitative estimate of drug-likeness (QED) is 0.879. The number of sulfone groups is 1. The lowest BCUT2D eigenvalue weighted by Gasteiger charge is -2.25. The zero-order valence-corrected chi connectivity index (χ0v) is 11.6. The van der Waals surface area contributed by atoms with Crippen LogP contribution in [0.5, 0.6) is 0 Å². The fourth-order valence-electron chi connectivity index (χ4n) is 1.78. The average molecular weight is 290 g/mol. The Hall–Kier alpha value is -1.15. The Labute approximate surface area is 109 Å². The van der Waals surface area contributed by atoms with Crippen molar-refractivity contribution in [3.63, 3.8) is 0 Å². The first-order valence-corrected chi connectivity index (χ1v) is 8.25. The molecule has 1 N–H and O–H groups in total. The van der Waals surface area contributed by atoms with Gasteiger partial charge >= 0.3 is 5.97 Å². The van der Waals surface area contributed by atoms with E-state index in [1.807, 2.05) is 11.8 Å². The van der Waals surface area contributed by atoms with E-state index >= 15 is 0 Å². The van der Waals surface area contributed by atoms with Gasteiger partial charge in [-0.25, -0.2) is 18.2 Å². The predicted molar refractivity (Wildman–Crippen MR) is 69.3 cm³/mol. The number of carbonyl (C=O) groups is 1. The molecular formula is C10H14N2O4S2. The van der Waals surface area contributed by atoms with Crippen molar-refractivity contribution in [2.24, 2.45) is 0 Å². The molecule has 0 unspecified atom stereocenters. The summed E-state index contributed by atoms with van der Waals surface area (Å²) in [6.45, 7) is 2.63. The van der Waals surface area contributed by atoms with Gasteiger partial charge in [0.05, 0.1) is 17.2 Å². The standard InChI is InChI=1S/C10H14N2O4S2/c1-2-7-8(9(13)14)17-10(11-7)12-3-5-18(15,16)6-4-12/h2-6H2,1H3,(H,13,14). The van der Waals surface area contributed by atoms with Gasteiger partial charge < -0.3 is 10.0 Å². The summed E-state index contributed by atoms with van der Waals surface area (Å²) in [5.41, 5.74) is 0.566. The van der Waals surface area contributed by atoms with Crippen LogP contribution in [0.2, 0.25) is 0 Å². The summed E-state index contributed by atoms with van der Waals surface area (Å²) in [6.07, 6.45) is 0.560. The average Bonchev–Trinajstić information content (AvgIpc) is 2.73. The van der Waals surface area contributed by atoms with E-state index in [4.69, 9.17) is 5.11 Å². The Morgan fingerprint density at radius 3 is 2.50 bits per heavy atom. The van der Waals surface area contributed by atoms with E-state index < -0.39 is 15.8 Å². The molecule has 0 radical (unpaired) electrons. The molecule has 100 valence electrons. The maximum Gasteiger partial charge on any atom is 0.347 e. The van der Waals surface area contributed by atoms with Crippen molar-refractivity contribution < 1.29 is 18.3 Å². The summed E-state index contributed by atoms with van der Waals surface area (Å²) < 4.78 is 22.7. The molecule has 0 aliphatic carbocycles. The lowest BCUT2D eigenvalue weighted by molar-refractivity contribution is 0.0701. The second-order valence-corrected chi connectivity index (χ2v) is 7.35. The molecular weight excluding hydrogens is 276 g/mol. The highest BCUT2D eigenvalue weighted by atomic mass is 32.2. The Kier molecular flexibility index (Phi) is 3.58. The van der Waals surface area contributed by atoms with Crippen LogP contribution in [0.15, 0.2) is 0 Å². The highest BCUT2D eigenvalue weighted by Gasteiger charge is 2.25. The fraction of sp³-hybridized carbons (Fsp3) is 0.600. The van der Waals surface area contributed by atoms with E-state index in [-0.39, 0.29) is 16.4 Å². The lowest BCUT2D eigenvalue weighted by atomic mass is 10.3. The van der Waals surface area contributed by atoms with Crippen molar-refractivity contribution in [3.8, 4) is 0 Å². The first-order valence-electron chi connectivity index (χ1n) is 5.61. The smallest absolute Gasteiger partial charge is 0.347 e. The molecule has 0 spiro atoms. The van der Waals surface area contributed by atoms with Crippen LogP contribution in [0.1, 0.15) is 22.3 Å². The number of aromatic nitrogens is 1. The molecule has 1 fully saturated rings.